The zero-order chi connectivity index (χ0) is 24.1. The Morgan fingerprint density at radius 1 is 0.939 bits per heavy atom. The maximum atomic E-state index is 12.9. The minimum absolute atomic E-state index is 0.0150. The van der Waals surface area contributed by atoms with Crippen LogP contribution in [0.5, 0.6) is 0 Å². The van der Waals surface area contributed by atoms with Crippen LogP contribution in [0.1, 0.15) is 47.7 Å². The molecule has 172 valence electrons. The summed E-state index contributed by atoms with van der Waals surface area (Å²) in [7, 11) is 1.30. The zero-order valence-corrected chi connectivity index (χ0v) is 19.4. The highest BCUT2D eigenvalue weighted by Gasteiger charge is 2.21. The Labute approximate surface area is 194 Å². The smallest absolute Gasteiger partial charge is 0.318 e. The van der Waals surface area contributed by atoms with Crippen LogP contribution in [0.3, 0.4) is 0 Å². The number of thioether (sulfide) groups is 1. The fourth-order valence-electron chi connectivity index (χ4n) is 3.13. The highest BCUT2D eigenvalue weighted by Crippen LogP contribution is 2.27. The number of fused-ring (bicyclic) bond motifs is 1. The maximum Gasteiger partial charge on any atom is 0.318 e. The lowest BCUT2D eigenvalue weighted by Gasteiger charge is -2.15. The molecule has 3 aromatic rings. The van der Waals surface area contributed by atoms with Gasteiger partial charge < -0.3 is 4.74 Å². The first-order chi connectivity index (χ1) is 15.7. The van der Waals surface area contributed by atoms with Gasteiger partial charge in [-0.05, 0) is 39.0 Å². The van der Waals surface area contributed by atoms with E-state index in [9.17, 15) is 19.2 Å². The molecule has 0 aliphatic rings. The van der Waals surface area contributed by atoms with Crippen molar-refractivity contribution in [3.63, 3.8) is 0 Å². The molecule has 0 bridgehead atoms. The molecule has 1 atom stereocenters. The summed E-state index contributed by atoms with van der Waals surface area (Å²) < 4.78 is 5.97. The van der Waals surface area contributed by atoms with E-state index in [-0.39, 0.29) is 22.9 Å². The quantitative estimate of drug-likeness (QED) is 0.324. The molecule has 0 radical (unpaired) electrons. The molecule has 2 amide bonds. The number of carbonyl (C=O) groups is 3. The maximum absolute atomic E-state index is 12.9. The van der Waals surface area contributed by atoms with Gasteiger partial charge in [0, 0.05) is 10.3 Å². The number of hydrogen-bond donors (Lipinski definition) is 2. The molecular formula is C23H24N4O5S. The van der Waals surface area contributed by atoms with Crippen LogP contribution in [0.4, 0.5) is 0 Å². The molecule has 0 saturated carbocycles. The Balaban J connectivity index is 1.83. The van der Waals surface area contributed by atoms with Crippen molar-refractivity contribution in [1.29, 1.82) is 0 Å². The summed E-state index contributed by atoms with van der Waals surface area (Å²) in [5.41, 5.74) is 4.76. The van der Waals surface area contributed by atoms with Gasteiger partial charge in [-0.1, -0.05) is 30.3 Å². The SMILES string of the molecule is COC(=O)C(C)Sc1ccccc1C(=O)NNC(=O)c1nn(C(C)C)c(=O)c2ccccc12. The van der Waals surface area contributed by atoms with E-state index in [4.69, 9.17) is 4.74 Å². The van der Waals surface area contributed by atoms with Crippen molar-refractivity contribution in [1.82, 2.24) is 20.6 Å². The molecule has 0 aliphatic carbocycles. The summed E-state index contributed by atoms with van der Waals surface area (Å²) >= 11 is 1.17. The number of methoxy groups -OCH3 is 1. The topological polar surface area (TPSA) is 119 Å². The molecule has 2 N–H and O–H groups in total. The van der Waals surface area contributed by atoms with E-state index in [0.717, 1.165) is 0 Å². The number of nitrogens with one attached hydrogen (secondary N) is 2. The van der Waals surface area contributed by atoms with E-state index in [1.807, 2.05) is 0 Å². The van der Waals surface area contributed by atoms with E-state index in [1.165, 1.54) is 23.6 Å². The standard InChI is InChI=1S/C23H24N4O5S/c1-13(2)27-22(30)16-10-6-5-9-15(16)19(26-27)21(29)25-24-20(28)17-11-7-8-12-18(17)33-14(3)23(31)32-4/h5-14H,1-4H3,(H,24,28)(H,25,29). The Morgan fingerprint density at radius 3 is 2.21 bits per heavy atom. The molecule has 0 saturated heterocycles. The number of esters is 1. The number of aromatic nitrogens is 2. The van der Waals surface area contributed by atoms with Crippen LogP contribution in [0.2, 0.25) is 0 Å². The van der Waals surface area contributed by atoms with Gasteiger partial charge in [-0.3, -0.25) is 30.0 Å². The first kappa shape index (κ1) is 24.0. The van der Waals surface area contributed by atoms with Gasteiger partial charge in [-0.15, -0.1) is 11.8 Å². The molecule has 33 heavy (non-hydrogen) atoms. The number of hydrogen-bond acceptors (Lipinski definition) is 7. The van der Waals surface area contributed by atoms with Crippen molar-refractivity contribution in [2.45, 2.75) is 37.0 Å². The van der Waals surface area contributed by atoms with E-state index in [0.29, 0.717) is 15.7 Å². The fourth-order valence-corrected chi connectivity index (χ4v) is 4.14. The monoisotopic (exact) mass is 468 g/mol. The second-order valence-corrected chi connectivity index (χ2v) is 8.81. The molecule has 0 aliphatic heterocycles. The predicted molar refractivity (Wildman–Crippen MR) is 125 cm³/mol. The van der Waals surface area contributed by atoms with Crippen LogP contribution in [-0.2, 0) is 9.53 Å². The number of carbonyl (C=O) groups excluding carboxylic acids is 3. The molecule has 1 aromatic heterocycles. The number of ether oxygens (including phenoxy) is 1. The fraction of sp³-hybridized carbons (Fsp3) is 0.261. The minimum Gasteiger partial charge on any atom is -0.468 e. The predicted octanol–water partition coefficient (Wildman–Crippen LogP) is 2.71. The first-order valence-electron chi connectivity index (χ1n) is 10.2. The molecule has 2 aromatic carbocycles. The van der Waals surface area contributed by atoms with E-state index < -0.39 is 23.0 Å². The Kier molecular flexibility index (Phi) is 7.49. The highest BCUT2D eigenvalue weighted by molar-refractivity contribution is 8.00. The van der Waals surface area contributed by atoms with Gasteiger partial charge in [0.2, 0.25) is 0 Å². The lowest BCUT2D eigenvalue weighted by molar-refractivity contribution is -0.139. The van der Waals surface area contributed by atoms with Crippen LogP contribution < -0.4 is 16.4 Å². The first-order valence-corrected chi connectivity index (χ1v) is 11.1. The van der Waals surface area contributed by atoms with Gasteiger partial charge in [0.05, 0.1) is 24.1 Å². The van der Waals surface area contributed by atoms with Gasteiger partial charge in [0.15, 0.2) is 5.69 Å². The second-order valence-electron chi connectivity index (χ2n) is 7.43. The summed E-state index contributed by atoms with van der Waals surface area (Å²) in [6.07, 6.45) is 0. The van der Waals surface area contributed by atoms with Crippen molar-refractivity contribution in [2.75, 3.05) is 7.11 Å². The molecule has 0 spiro atoms. The highest BCUT2D eigenvalue weighted by atomic mass is 32.2. The Morgan fingerprint density at radius 2 is 1.55 bits per heavy atom. The molecule has 3 rings (SSSR count). The normalized spacial score (nSPS) is 11.8. The summed E-state index contributed by atoms with van der Waals surface area (Å²) in [6, 6.07) is 13.1. The summed E-state index contributed by atoms with van der Waals surface area (Å²) in [4.78, 5) is 50.6. The molecule has 0 fully saturated rings. The van der Waals surface area contributed by atoms with Crippen LogP contribution in [0, 0.1) is 0 Å². The number of amides is 2. The van der Waals surface area contributed by atoms with Crippen molar-refractivity contribution in [3.8, 4) is 0 Å². The zero-order valence-electron chi connectivity index (χ0n) is 18.6. The van der Waals surface area contributed by atoms with Crippen molar-refractivity contribution in [2.24, 2.45) is 0 Å². The average molecular weight is 469 g/mol. The molecule has 9 nitrogen and oxygen atoms in total. The molecular weight excluding hydrogens is 444 g/mol. The van der Waals surface area contributed by atoms with Gasteiger partial charge in [0.1, 0.15) is 5.25 Å². The lowest BCUT2D eigenvalue weighted by Crippen LogP contribution is -2.43. The van der Waals surface area contributed by atoms with Crippen molar-refractivity contribution >= 4 is 40.3 Å². The van der Waals surface area contributed by atoms with E-state index >= 15 is 0 Å². The van der Waals surface area contributed by atoms with Gasteiger partial charge >= 0.3 is 5.97 Å². The lowest BCUT2D eigenvalue weighted by atomic mass is 10.1. The third-order valence-corrected chi connectivity index (χ3v) is 5.95. The number of hydrazine groups is 1. The second kappa shape index (κ2) is 10.3. The molecule has 1 heterocycles. The van der Waals surface area contributed by atoms with E-state index in [2.05, 4.69) is 16.0 Å². The summed E-state index contributed by atoms with van der Waals surface area (Å²) in [5, 5.41) is 4.44. The third kappa shape index (κ3) is 5.23. The average Bonchev–Trinajstić information content (AvgIpc) is 2.82. The molecule has 10 heteroatoms. The molecule has 1 unspecified atom stereocenters. The van der Waals surface area contributed by atoms with Crippen LogP contribution in [0.15, 0.2) is 58.2 Å². The summed E-state index contributed by atoms with van der Waals surface area (Å²) in [5.74, 6) is -1.64. The van der Waals surface area contributed by atoms with E-state index in [1.54, 1.807) is 69.3 Å². The third-order valence-electron chi connectivity index (χ3n) is 4.79. The Bertz CT molecular complexity index is 1270. The largest absolute Gasteiger partial charge is 0.468 e. The number of nitrogens with zero attached hydrogens (tertiary/aromatic N) is 2. The van der Waals surface area contributed by atoms with Crippen LogP contribution in [0.25, 0.3) is 10.8 Å². The number of rotatable bonds is 6. The van der Waals surface area contributed by atoms with Crippen molar-refractivity contribution in [3.05, 3.63) is 70.1 Å². The van der Waals surface area contributed by atoms with Gasteiger partial charge in [-0.25, -0.2) is 4.68 Å². The Hall–Kier alpha value is -3.66. The minimum atomic E-state index is -0.665. The van der Waals surface area contributed by atoms with Gasteiger partial charge in [0.25, 0.3) is 17.4 Å². The van der Waals surface area contributed by atoms with Crippen LogP contribution >= 0.6 is 11.8 Å². The van der Waals surface area contributed by atoms with Gasteiger partial charge in [-0.2, -0.15) is 5.10 Å². The number of benzene rings is 2. The summed E-state index contributed by atoms with van der Waals surface area (Å²) in [6.45, 7) is 5.25. The van der Waals surface area contributed by atoms with Crippen molar-refractivity contribution < 1.29 is 19.1 Å². The van der Waals surface area contributed by atoms with Crippen LogP contribution in [-0.4, -0.2) is 39.9 Å².